The predicted octanol–water partition coefficient (Wildman–Crippen LogP) is 0.329. The molecule has 0 aromatic heterocycles. The van der Waals surface area contributed by atoms with Gasteiger partial charge in [-0.05, 0) is 5.56 Å². The minimum atomic E-state index is 0.721. The number of benzene rings is 1. The van der Waals surface area contributed by atoms with Gasteiger partial charge in [-0.3, -0.25) is 11.3 Å². The average molecular weight is 259 g/mol. The van der Waals surface area contributed by atoms with E-state index in [4.69, 9.17) is 5.84 Å². The zero-order valence-corrected chi connectivity index (χ0v) is 8.21. The summed E-state index contributed by atoms with van der Waals surface area (Å²) < 4.78 is 0. The van der Waals surface area contributed by atoms with Crippen LogP contribution in [0.4, 0.5) is 0 Å². The van der Waals surface area contributed by atoms with Gasteiger partial charge in [0.2, 0.25) is 5.14 Å². The fourth-order valence-corrected chi connectivity index (χ4v) is 1.28. The lowest BCUT2D eigenvalue weighted by molar-refractivity contribution is 0.742. The number of hydrogen-bond acceptors (Lipinski definition) is 2. The van der Waals surface area contributed by atoms with Gasteiger partial charge in [0.1, 0.15) is 0 Å². The Bertz CT molecular complexity index is 229. The fourth-order valence-electron chi connectivity index (χ4n) is 0.889. The largest absolute Gasteiger partial charge is 0.271 e. The van der Waals surface area contributed by atoms with E-state index in [1.54, 1.807) is 0 Å². The van der Waals surface area contributed by atoms with Crippen molar-refractivity contribution < 1.29 is 0 Å². The van der Waals surface area contributed by atoms with Crippen LogP contribution in [0, 0.1) is 0 Å². The molecule has 57 valence electrons. The van der Waals surface area contributed by atoms with Crippen LogP contribution in [-0.2, 0) is 6.54 Å². The molecule has 0 aliphatic carbocycles. The number of halogens is 1. The molecule has 1 radical (unpaired) electrons. The molecule has 0 aliphatic heterocycles. The van der Waals surface area contributed by atoms with Crippen LogP contribution < -0.4 is 16.7 Å². The molecule has 1 aromatic rings. The van der Waals surface area contributed by atoms with Gasteiger partial charge >= 0.3 is 0 Å². The maximum absolute atomic E-state index is 5.19. The zero-order chi connectivity index (χ0) is 8.10. The summed E-state index contributed by atoms with van der Waals surface area (Å²) in [5, 5.41) is 2.04. The van der Waals surface area contributed by atoms with Crippen molar-refractivity contribution in [3.05, 3.63) is 29.8 Å². The second-order valence-corrected chi connectivity index (χ2v) is 2.86. The molecular weight excluding hydrogens is 250 g/mol. The molecule has 0 heterocycles. The molecule has 0 saturated heterocycles. The molecule has 0 spiro atoms. The van der Waals surface area contributed by atoms with Crippen molar-refractivity contribution in [1.29, 1.82) is 0 Å². The van der Waals surface area contributed by atoms with Gasteiger partial charge in [-0.2, -0.15) is 22.4 Å². The summed E-state index contributed by atoms with van der Waals surface area (Å²) in [5.41, 5.74) is 5.05. The second-order valence-electron chi connectivity index (χ2n) is 2.24. The van der Waals surface area contributed by atoms with Gasteiger partial charge in [-0.1, -0.05) is 29.7 Å². The molecule has 0 amide bonds. The molecule has 1 aromatic carbocycles. The SMILES string of the molecule is NNCc1cccc([B]I)c1. The highest BCUT2D eigenvalue weighted by molar-refractivity contribution is 14.1. The van der Waals surface area contributed by atoms with Gasteiger partial charge in [-0.25, -0.2) is 0 Å². The molecule has 1 rings (SSSR count). The van der Waals surface area contributed by atoms with E-state index < -0.39 is 0 Å². The van der Waals surface area contributed by atoms with Crippen LogP contribution in [0.3, 0.4) is 0 Å². The highest BCUT2D eigenvalue weighted by Gasteiger charge is 1.93. The van der Waals surface area contributed by atoms with Crippen LogP contribution in [-0.4, -0.2) is 5.14 Å². The van der Waals surface area contributed by atoms with Crippen molar-refractivity contribution in [2.24, 2.45) is 5.84 Å². The molecule has 11 heavy (non-hydrogen) atoms. The fraction of sp³-hybridized carbons (Fsp3) is 0.143. The van der Waals surface area contributed by atoms with Gasteiger partial charge in [0.05, 0.1) is 0 Å². The molecule has 0 unspecified atom stereocenters. The minimum absolute atomic E-state index is 0.721. The van der Waals surface area contributed by atoms with Crippen molar-refractivity contribution in [3.63, 3.8) is 0 Å². The Labute approximate surface area is 80.6 Å². The second kappa shape index (κ2) is 4.74. The minimum Gasteiger partial charge on any atom is -0.271 e. The lowest BCUT2D eigenvalue weighted by Gasteiger charge is -2.00. The van der Waals surface area contributed by atoms with Gasteiger partial charge in [0.25, 0.3) is 0 Å². The number of nitrogens with two attached hydrogens (primary N) is 1. The van der Waals surface area contributed by atoms with Crippen molar-refractivity contribution in [3.8, 4) is 0 Å². The summed E-state index contributed by atoms with van der Waals surface area (Å²) >= 11 is 2.22. The van der Waals surface area contributed by atoms with E-state index in [0.29, 0.717) is 0 Å². The van der Waals surface area contributed by atoms with Crippen molar-refractivity contribution in [2.75, 3.05) is 0 Å². The Balaban J connectivity index is 2.74. The monoisotopic (exact) mass is 259 g/mol. The summed E-state index contributed by atoms with van der Waals surface area (Å²) in [6.45, 7) is 0.721. The van der Waals surface area contributed by atoms with Crippen LogP contribution in [0.2, 0.25) is 0 Å². The smallest absolute Gasteiger partial charge is 0.237 e. The van der Waals surface area contributed by atoms with Gasteiger partial charge in [0.15, 0.2) is 0 Å². The molecule has 4 heteroatoms. The molecule has 0 aliphatic rings. The van der Waals surface area contributed by atoms with E-state index in [0.717, 1.165) is 6.54 Å². The summed E-state index contributed by atoms with van der Waals surface area (Å²) in [7, 11) is 0. The highest BCUT2D eigenvalue weighted by atomic mass is 127. The normalized spacial score (nSPS) is 9.64. The Kier molecular flexibility index (Phi) is 3.89. The topological polar surface area (TPSA) is 38.0 Å². The third-order valence-electron chi connectivity index (χ3n) is 1.38. The Morgan fingerprint density at radius 2 is 2.36 bits per heavy atom. The summed E-state index contributed by atoms with van der Waals surface area (Å²) in [4.78, 5) is 0. The molecule has 2 nitrogen and oxygen atoms in total. The lowest BCUT2D eigenvalue weighted by Crippen LogP contribution is -2.21. The van der Waals surface area contributed by atoms with E-state index in [9.17, 15) is 0 Å². The van der Waals surface area contributed by atoms with E-state index in [-0.39, 0.29) is 0 Å². The van der Waals surface area contributed by atoms with Crippen molar-refractivity contribution in [1.82, 2.24) is 5.43 Å². The number of rotatable bonds is 3. The Morgan fingerprint density at radius 3 is 3.00 bits per heavy atom. The molecule has 3 N–H and O–H groups in total. The summed E-state index contributed by atoms with van der Waals surface area (Å²) in [5.74, 6) is 5.19. The van der Waals surface area contributed by atoms with Crippen molar-refractivity contribution >= 4 is 33.0 Å². The van der Waals surface area contributed by atoms with E-state index in [1.165, 1.54) is 11.0 Å². The average Bonchev–Trinajstić information content (AvgIpc) is 2.06. The summed E-state index contributed by atoms with van der Waals surface area (Å²) in [6.07, 6.45) is 0. The van der Waals surface area contributed by atoms with Crippen LogP contribution in [0.5, 0.6) is 0 Å². The maximum Gasteiger partial charge on any atom is 0.237 e. The molecular formula is C7H9BIN2. The van der Waals surface area contributed by atoms with Crippen LogP contribution >= 0.6 is 22.4 Å². The van der Waals surface area contributed by atoms with Crippen LogP contribution in [0.25, 0.3) is 0 Å². The molecule has 0 bridgehead atoms. The van der Waals surface area contributed by atoms with Crippen molar-refractivity contribution in [2.45, 2.75) is 6.54 Å². The highest BCUT2D eigenvalue weighted by Crippen LogP contribution is 1.95. The van der Waals surface area contributed by atoms with Gasteiger partial charge < -0.3 is 0 Å². The first kappa shape index (κ1) is 9.03. The first-order valence-corrected chi connectivity index (χ1v) is 4.57. The van der Waals surface area contributed by atoms with Gasteiger partial charge in [-0.15, -0.1) is 0 Å². The van der Waals surface area contributed by atoms with E-state index >= 15 is 0 Å². The van der Waals surface area contributed by atoms with Crippen LogP contribution in [0.1, 0.15) is 5.56 Å². The quantitative estimate of drug-likeness (QED) is 0.355. The Hall–Kier alpha value is -0.0651. The third-order valence-corrected chi connectivity index (χ3v) is 2.10. The number of nitrogens with one attached hydrogen (secondary N) is 1. The lowest BCUT2D eigenvalue weighted by atomic mass is 9.94. The molecule has 0 atom stereocenters. The first-order chi connectivity index (χ1) is 5.36. The maximum atomic E-state index is 5.19. The van der Waals surface area contributed by atoms with Gasteiger partial charge in [0, 0.05) is 6.54 Å². The van der Waals surface area contributed by atoms with Crippen LogP contribution in [0.15, 0.2) is 24.3 Å². The zero-order valence-electron chi connectivity index (χ0n) is 6.05. The number of hydrazine groups is 1. The van der Waals surface area contributed by atoms with E-state index in [1.807, 2.05) is 17.3 Å². The summed E-state index contributed by atoms with van der Waals surface area (Å²) in [6, 6.07) is 8.24. The predicted molar refractivity (Wildman–Crippen MR) is 56.9 cm³/mol. The molecule has 0 fully saturated rings. The molecule has 0 saturated carbocycles. The Morgan fingerprint density at radius 1 is 1.55 bits per heavy atom. The number of hydrogen-bond donors (Lipinski definition) is 2. The first-order valence-electron chi connectivity index (χ1n) is 3.32. The van der Waals surface area contributed by atoms with E-state index in [2.05, 4.69) is 39.9 Å². The standard InChI is InChI=1S/C7H9BIN2/c9-8-7-3-1-2-6(4-7)5-11-10/h1-4,11H,5,10H2. The third kappa shape index (κ3) is 2.80.